The molecule has 0 saturated carbocycles. The van der Waals surface area contributed by atoms with Gasteiger partial charge >= 0.3 is 0 Å². The Balaban J connectivity index is 2.39. The minimum absolute atomic E-state index is 0.205. The van der Waals surface area contributed by atoms with E-state index < -0.39 is 8.32 Å². The highest BCUT2D eigenvalue weighted by Gasteiger charge is 2.40. The standard InChI is InChI=1S/C21H30OSi/c1-7-8-9-13-18-16-15-17-12-10-11-14-19(17)20(18)22-23(5,6)21(2,3)4/h1,10-12,14H,8-9,13,15-16H2,2-6H3. The molecular formula is C21H30OSi. The monoisotopic (exact) mass is 326 g/mol. The second kappa shape index (κ2) is 6.97. The second-order valence-corrected chi connectivity index (χ2v) is 12.7. The van der Waals surface area contributed by atoms with Crippen LogP contribution < -0.4 is 0 Å². The summed E-state index contributed by atoms with van der Waals surface area (Å²) in [5.41, 5.74) is 4.19. The zero-order chi connectivity index (χ0) is 17.1. The van der Waals surface area contributed by atoms with Gasteiger partial charge < -0.3 is 4.43 Å². The van der Waals surface area contributed by atoms with Gasteiger partial charge in [0.25, 0.3) is 8.32 Å². The number of benzene rings is 1. The van der Waals surface area contributed by atoms with Crippen LogP contribution in [0.5, 0.6) is 0 Å². The maximum Gasteiger partial charge on any atom is 0.250 e. The third-order valence-corrected chi connectivity index (χ3v) is 9.57. The van der Waals surface area contributed by atoms with Crippen molar-refractivity contribution >= 4 is 14.1 Å². The molecule has 0 saturated heterocycles. The molecule has 1 nitrogen and oxygen atoms in total. The Morgan fingerprint density at radius 3 is 2.52 bits per heavy atom. The zero-order valence-electron chi connectivity index (χ0n) is 15.3. The molecule has 0 spiro atoms. The van der Waals surface area contributed by atoms with Crippen molar-refractivity contribution < 1.29 is 4.43 Å². The average molecular weight is 327 g/mol. The molecule has 0 N–H and O–H groups in total. The Morgan fingerprint density at radius 1 is 1.17 bits per heavy atom. The third kappa shape index (κ3) is 4.09. The van der Waals surface area contributed by atoms with Crippen LogP contribution in [0.3, 0.4) is 0 Å². The van der Waals surface area contributed by atoms with E-state index in [2.05, 4.69) is 64.1 Å². The fourth-order valence-electron chi connectivity index (χ4n) is 2.73. The first-order valence-corrected chi connectivity index (χ1v) is 11.6. The topological polar surface area (TPSA) is 9.23 Å². The second-order valence-electron chi connectivity index (χ2n) is 8.01. The number of allylic oxidation sites excluding steroid dienone is 1. The summed E-state index contributed by atoms with van der Waals surface area (Å²) in [6.07, 6.45) is 10.6. The highest BCUT2D eigenvalue weighted by molar-refractivity contribution is 6.74. The molecule has 1 aliphatic carbocycles. The molecule has 0 heterocycles. The largest absolute Gasteiger partial charge is 0.543 e. The van der Waals surface area contributed by atoms with Crippen LogP contribution in [0.25, 0.3) is 5.76 Å². The van der Waals surface area contributed by atoms with Gasteiger partial charge in [-0.2, -0.15) is 0 Å². The van der Waals surface area contributed by atoms with E-state index in [-0.39, 0.29) is 5.04 Å². The van der Waals surface area contributed by atoms with Crippen LogP contribution in [0.2, 0.25) is 18.1 Å². The number of terminal acetylenes is 1. The summed E-state index contributed by atoms with van der Waals surface area (Å²) in [7, 11) is -1.85. The summed E-state index contributed by atoms with van der Waals surface area (Å²) < 4.78 is 6.78. The van der Waals surface area contributed by atoms with Crippen molar-refractivity contribution in [3.63, 3.8) is 0 Å². The minimum Gasteiger partial charge on any atom is -0.543 e. The van der Waals surface area contributed by atoms with Crippen molar-refractivity contribution in [2.45, 2.75) is 71.0 Å². The van der Waals surface area contributed by atoms with Crippen LogP contribution in [0, 0.1) is 12.3 Å². The van der Waals surface area contributed by atoms with Crippen molar-refractivity contribution in [3.8, 4) is 12.3 Å². The van der Waals surface area contributed by atoms with Gasteiger partial charge in [-0.1, -0.05) is 45.0 Å². The molecule has 0 aliphatic heterocycles. The van der Waals surface area contributed by atoms with Gasteiger partial charge in [0, 0.05) is 12.0 Å². The van der Waals surface area contributed by atoms with Gasteiger partial charge in [0.2, 0.25) is 0 Å². The molecule has 1 aromatic carbocycles. The summed E-state index contributed by atoms with van der Waals surface area (Å²) in [6, 6.07) is 8.71. The Hall–Kier alpha value is -1.46. The van der Waals surface area contributed by atoms with E-state index in [1.807, 2.05) is 0 Å². The molecule has 0 unspecified atom stereocenters. The highest BCUT2D eigenvalue weighted by atomic mass is 28.4. The van der Waals surface area contributed by atoms with E-state index in [1.54, 1.807) is 0 Å². The molecule has 2 heteroatoms. The molecule has 1 aliphatic rings. The Labute approximate surface area is 143 Å². The van der Waals surface area contributed by atoms with E-state index in [0.717, 1.165) is 37.9 Å². The Kier molecular flexibility index (Phi) is 5.42. The van der Waals surface area contributed by atoms with E-state index in [1.165, 1.54) is 16.7 Å². The molecule has 0 bridgehead atoms. The van der Waals surface area contributed by atoms with Gasteiger partial charge in [0.1, 0.15) is 5.76 Å². The lowest BCUT2D eigenvalue weighted by atomic mass is 9.88. The van der Waals surface area contributed by atoms with Crippen LogP contribution in [-0.4, -0.2) is 8.32 Å². The maximum atomic E-state index is 6.78. The van der Waals surface area contributed by atoms with Gasteiger partial charge in [0.15, 0.2) is 0 Å². The molecule has 0 fully saturated rings. The molecule has 23 heavy (non-hydrogen) atoms. The molecule has 0 aromatic heterocycles. The number of hydrogen-bond acceptors (Lipinski definition) is 1. The molecule has 0 radical (unpaired) electrons. The highest BCUT2D eigenvalue weighted by Crippen LogP contribution is 2.43. The van der Waals surface area contributed by atoms with E-state index in [4.69, 9.17) is 10.8 Å². The summed E-state index contributed by atoms with van der Waals surface area (Å²) >= 11 is 0. The lowest BCUT2D eigenvalue weighted by Crippen LogP contribution is -2.40. The quantitative estimate of drug-likeness (QED) is 0.357. The normalized spacial score (nSPS) is 15.1. The van der Waals surface area contributed by atoms with Gasteiger partial charge in [-0.25, -0.2) is 0 Å². The first kappa shape index (κ1) is 17.9. The summed E-state index contributed by atoms with van der Waals surface area (Å²) in [4.78, 5) is 0. The van der Waals surface area contributed by atoms with Crippen molar-refractivity contribution in [2.75, 3.05) is 0 Å². The van der Waals surface area contributed by atoms with E-state index in [0.29, 0.717) is 0 Å². The van der Waals surface area contributed by atoms with E-state index >= 15 is 0 Å². The third-order valence-electron chi connectivity index (χ3n) is 5.24. The number of unbranched alkanes of at least 4 members (excludes halogenated alkanes) is 1. The molecular weight excluding hydrogens is 296 g/mol. The average Bonchev–Trinajstić information content (AvgIpc) is 2.48. The Bertz CT molecular complexity index is 626. The zero-order valence-corrected chi connectivity index (χ0v) is 16.3. The first-order valence-electron chi connectivity index (χ1n) is 8.69. The van der Waals surface area contributed by atoms with Crippen LogP contribution in [0.4, 0.5) is 0 Å². The molecule has 124 valence electrons. The number of fused-ring (bicyclic) bond motifs is 1. The number of aryl methyl sites for hydroxylation is 1. The predicted octanol–water partition coefficient (Wildman–Crippen LogP) is 6.17. The minimum atomic E-state index is -1.85. The lowest BCUT2D eigenvalue weighted by molar-refractivity contribution is 0.447. The summed E-state index contributed by atoms with van der Waals surface area (Å²) in [5.74, 6) is 3.92. The fourth-order valence-corrected chi connectivity index (χ4v) is 3.80. The molecule has 2 rings (SSSR count). The molecule has 1 aromatic rings. The number of rotatable bonds is 5. The van der Waals surface area contributed by atoms with Crippen LogP contribution in [0.15, 0.2) is 29.8 Å². The first-order chi connectivity index (χ1) is 10.8. The smallest absolute Gasteiger partial charge is 0.250 e. The number of hydrogen-bond donors (Lipinski definition) is 0. The predicted molar refractivity (Wildman–Crippen MR) is 103 cm³/mol. The molecule has 0 atom stereocenters. The van der Waals surface area contributed by atoms with Gasteiger partial charge in [-0.3, -0.25) is 0 Å². The fraction of sp³-hybridized carbons (Fsp3) is 0.524. The SMILES string of the molecule is C#CCCCC1=C(O[Si](C)(C)C(C)(C)C)c2ccccc2CC1. The molecule has 0 amide bonds. The van der Waals surface area contributed by atoms with Crippen LogP contribution >= 0.6 is 0 Å². The summed E-state index contributed by atoms with van der Waals surface area (Å²) in [6.45, 7) is 11.6. The van der Waals surface area contributed by atoms with Crippen molar-refractivity contribution in [1.29, 1.82) is 0 Å². The van der Waals surface area contributed by atoms with Gasteiger partial charge in [0.05, 0.1) is 0 Å². The maximum absolute atomic E-state index is 6.78. The van der Waals surface area contributed by atoms with E-state index in [9.17, 15) is 0 Å². The summed E-state index contributed by atoms with van der Waals surface area (Å²) in [5, 5.41) is 0.205. The van der Waals surface area contributed by atoms with Crippen molar-refractivity contribution in [3.05, 3.63) is 41.0 Å². The van der Waals surface area contributed by atoms with Crippen molar-refractivity contribution in [2.24, 2.45) is 0 Å². The van der Waals surface area contributed by atoms with Crippen molar-refractivity contribution in [1.82, 2.24) is 0 Å². The Morgan fingerprint density at radius 2 is 1.87 bits per heavy atom. The van der Waals surface area contributed by atoms with Crippen LogP contribution in [0.1, 0.15) is 57.6 Å². The van der Waals surface area contributed by atoms with Crippen LogP contribution in [-0.2, 0) is 10.8 Å². The lowest BCUT2D eigenvalue weighted by Gasteiger charge is -2.39. The van der Waals surface area contributed by atoms with Gasteiger partial charge in [-0.05, 0) is 55.0 Å². The van der Waals surface area contributed by atoms with Gasteiger partial charge in [-0.15, -0.1) is 12.3 Å².